The Labute approximate surface area is 109 Å². The van der Waals surface area contributed by atoms with Crippen molar-refractivity contribution in [1.82, 2.24) is 5.32 Å². The van der Waals surface area contributed by atoms with Crippen molar-refractivity contribution in [2.75, 3.05) is 19.8 Å². The summed E-state index contributed by atoms with van der Waals surface area (Å²) in [6.07, 6.45) is 2.07. The summed E-state index contributed by atoms with van der Waals surface area (Å²) in [5.74, 6) is 1.80. The molecule has 3 heteroatoms. The van der Waals surface area contributed by atoms with E-state index in [9.17, 15) is 0 Å². The molecule has 0 fully saturated rings. The number of nitrogens with one attached hydrogen (secondary N) is 1. The van der Waals surface area contributed by atoms with E-state index in [0.717, 1.165) is 18.0 Å². The number of benzene rings is 1. The number of ether oxygens (including phenoxy) is 2. The van der Waals surface area contributed by atoms with Crippen molar-refractivity contribution in [2.24, 2.45) is 0 Å². The van der Waals surface area contributed by atoms with Gasteiger partial charge in [-0.25, -0.2) is 0 Å². The highest BCUT2D eigenvalue weighted by molar-refractivity contribution is 5.45. The van der Waals surface area contributed by atoms with Crippen LogP contribution in [0.25, 0.3) is 0 Å². The van der Waals surface area contributed by atoms with Crippen LogP contribution in [-0.2, 0) is 0 Å². The summed E-state index contributed by atoms with van der Waals surface area (Å²) in [7, 11) is 0. The van der Waals surface area contributed by atoms with Crippen LogP contribution in [0.3, 0.4) is 0 Å². The van der Waals surface area contributed by atoms with Crippen LogP contribution >= 0.6 is 0 Å². The van der Waals surface area contributed by atoms with Crippen LogP contribution < -0.4 is 14.8 Å². The van der Waals surface area contributed by atoms with Gasteiger partial charge in [0.25, 0.3) is 0 Å². The predicted molar refractivity (Wildman–Crippen MR) is 73.3 cm³/mol. The Kier molecular flexibility index (Phi) is 4.26. The molecule has 1 aromatic carbocycles. The van der Waals surface area contributed by atoms with Crippen LogP contribution in [-0.4, -0.2) is 19.8 Å². The van der Waals surface area contributed by atoms with Crippen LogP contribution in [0.15, 0.2) is 29.8 Å². The van der Waals surface area contributed by atoms with Gasteiger partial charge in [-0.15, -0.1) is 0 Å². The first-order valence-corrected chi connectivity index (χ1v) is 6.47. The quantitative estimate of drug-likeness (QED) is 0.811. The van der Waals surface area contributed by atoms with Gasteiger partial charge in [0.1, 0.15) is 24.7 Å². The van der Waals surface area contributed by atoms with Gasteiger partial charge < -0.3 is 14.8 Å². The van der Waals surface area contributed by atoms with Gasteiger partial charge in [-0.2, -0.15) is 0 Å². The number of hydrogen-bond acceptors (Lipinski definition) is 3. The molecule has 0 aromatic heterocycles. The minimum atomic E-state index is 0.317. The van der Waals surface area contributed by atoms with E-state index in [1.165, 1.54) is 11.1 Å². The van der Waals surface area contributed by atoms with E-state index in [-0.39, 0.29) is 0 Å². The molecule has 1 aromatic rings. The number of rotatable bonds is 5. The van der Waals surface area contributed by atoms with Gasteiger partial charge in [-0.3, -0.25) is 0 Å². The highest BCUT2D eigenvalue weighted by Gasteiger charge is 2.23. The molecule has 1 aliphatic heterocycles. The second-order valence-electron chi connectivity index (χ2n) is 4.71. The summed E-state index contributed by atoms with van der Waals surface area (Å²) in [4.78, 5) is 0. The second-order valence-corrected chi connectivity index (χ2v) is 4.71. The summed E-state index contributed by atoms with van der Waals surface area (Å²) < 4.78 is 11.3. The van der Waals surface area contributed by atoms with Gasteiger partial charge in [0.2, 0.25) is 0 Å². The van der Waals surface area contributed by atoms with Crippen molar-refractivity contribution >= 4 is 0 Å². The van der Waals surface area contributed by atoms with Gasteiger partial charge in [0.05, 0.1) is 6.04 Å². The molecule has 0 radical (unpaired) electrons. The third-order valence-electron chi connectivity index (χ3n) is 2.96. The molecule has 0 saturated heterocycles. The molecule has 1 aliphatic rings. The van der Waals surface area contributed by atoms with E-state index >= 15 is 0 Å². The maximum atomic E-state index is 5.67. The molecule has 1 unspecified atom stereocenters. The summed E-state index contributed by atoms with van der Waals surface area (Å²) in [6, 6.07) is 6.40. The summed E-state index contributed by atoms with van der Waals surface area (Å²) in [5, 5.41) is 3.40. The van der Waals surface area contributed by atoms with E-state index in [1.807, 2.05) is 12.1 Å². The molecule has 1 N–H and O–H groups in total. The molecule has 0 bridgehead atoms. The van der Waals surface area contributed by atoms with Crippen LogP contribution in [0.5, 0.6) is 11.5 Å². The lowest BCUT2D eigenvalue weighted by Crippen LogP contribution is -2.21. The van der Waals surface area contributed by atoms with Gasteiger partial charge in [0.15, 0.2) is 0 Å². The van der Waals surface area contributed by atoms with Crippen molar-refractivity contribution in [3.63, 3.8) is 0 Å². The third-order valence-corrected chi connectivity index (χ3v) is 2.96. The van der Waals surface area contributed by atoms with E-state index < -0.39 is 0 Å². The zero-order valence-corrected chi connectivity index (χ0v) is 11.3. The number of hydrogen-bond donors (Lipinski definition) is 1. The zero-order valence-electron chi connectivity index (χ0n) is 11.3. The van der Waals surface area contributed by atoms with Crippen molar-refractivity contribution in [3.8, 4) is 11.5 Å². The SMILES string of the molecule is CCNC1COc2cc(OCC=C(C)C)ccc21. The molecule has 1 heterocycles. The minimum Gasteiger partial charge on any atom is -0.491 e. The average molecular weight is 247 g/mol. The standard InChI is InChI=1S/C15H21NO2/c1-4-16-14-10-18-15-9-12(5-6-13(14)15)17-8-7-11(2)3/h5-7,9,14,16H,4,8,10H2,1-3H3. The smallest absolute Gasteiger partial charge is 0.128 e. The lowest BCUT2D eigenvalue weighted by Gasteiger charge is -2.09. The molecule has 0 aliphatic carbocycles. The number of likely N-dealkylation sites (N-methyl/N-ethyl adjacent to an activating group) is 1. The number of allylic oxidation sites excluding steroid dienone is 1. The monoisotopic (exact) mass is 247 g/mol. The first-order valence-electron chi connectivity index (χ1n) is 6.47. The van der Waals surface area contributed by atoms with Crippen molar-refractivity contribution < 1.29 is 9.47 Å². The Bertz CT molecular complexity index is 436. The summed E-state index contributed by atoms with van der Waals surface area (Å²) in [6.45, 7) is 8.51. The van der Waals surface area contributed by atoms with Crippen molar-refractivity contribution in [1.29, 1.82) is 0 Å². The first-order chi connectivity index (χ1) is 8.70. The normalized spacial score (nSPS) is 16.9. The average Bonchev–Trinajstić information content (AvgIpc) is 2.72. The largest absolute Gasteiger partial charge is 0.491 e. The van der Waals surface area contributed by atoms with Gasteiger partial charge >= 0.3 is 0 Å². The zero-order chi connectivity index (χ0) is 13.0. The Morgan fingerprint density at radius 1 is 1.50 bits per heavy atom. The Morgan fingerprint density at radius 2 is 2.33 bits per heavy atom. The minimum absolute atomic E-state index is 0.317. The van der Waals surface area contributed by atoms with Gasteiger partial charge in [0, 0.05) is 11.6 Å². The van der Waals surface area contributed by atoms with Crippen LogP contribution in [0.4, 0.5) is 0 Å². The lowest BCUT2D eigenvalue weighted by molar-refractivity contribution is 0.310. The van der Waals surface area contributed by atoms with Crippen LogP contribution in [0.1, 0.15) is 32.4 Å². The predicted octanol–water partition coefficient (Wildman–Crippen LogP) is 3.07. The highest BCUT2D eigenvalue weighted by atomic mass is 16.5. The molecule has 0 amide bonds. The van der Waals surface area contributed by atoms with E-state index in [0.29, 0.717) is 19.3 Å². The van der Waals surface area contributed by atoms with E-state index in [2.05, 4.69) is 38.2 Å². The molecule has 0 spiro atoms. The molecule has 18 heavy (non-hydrogen) atoms. The maximum Gasteiger partial charge on any atom is 0.128 e. The Hall–Kier alpha value is -1.48. The Morgan fingerprint density at radius 3 is 3.06 bits per heavy atom. The second kappa shape index (κ2) is 5.91. The molecule has 1 atom stereocenters. The molecule has 3 nitrogen and oxygen atoms in total. The first kappa shape index (κ1) is 13.0. The fraction of sp³-hybridized carbons (Fsp3) is 0.467. The maximum absolute atomic E-state index is 5.67. The summed E-state index contributed by atoms with van der Waals surface area (Å²) >= 11 is 0. The topological polar surface area (TPSA) is 30.5 Å². The van der Waals surface area contributed by atoms with E-state index in [4.69, 9.17) is 9.47 Å². The molecular formula is C15H21NO2. The molecular weight excluding hydrogens is 226 g/mol. The summed E-state index contributed by atoms with van der Waals surface area (Å²) in [5.41, 5.74) is 2.49. The fourth-order valence-corrected chi connectivity index (χ4v) is 2.00. The van der Waals surface area contributed by atoms with Crippen LogP contribution in [0.2, 0.25) is 0 Å². The molecule has 0 saturated carbocycles. The van der Waals surface area contributed by atoms with Gasteiger partial charge in [-0.1, -0.05) is 12.5 Å². The fourth-order valence-electron chi connectivity index (χ4n) is 2.00. The van der Waals surface area contributed by atoms with Crippen molar-refractivity contribution in [3.05, 3.63) is 35.4 Å². The van der Waals surface area contributed by atoms with Crippen LogP contribution in [0, 0.1) is 0 Å². The highest BCUT2D eigenvalue weighted by Crippen LogP contribution is 2.35. The van der Waals surface area contributed by atoms with E-state index in [1.54, 1.807) is 0 Å². The molecule has 98 valence electrons. The van der Waals surface area contributed by atoms with Crippen molar-refractivity contribution in [2.45, 2.75) is 26.8 Å². The third kappa shape index (κ3) is 3.05. The molecule has 2 rings (SSSR count). The number of fused-ring (bicyclic) bond motifs is 1. The Balaban J connectivity index is 2.03. The lowest BCUT2D eigenvalue weighted by atomic mass is 10.1. The van der Waals surface area contributed by atoms with Gasteiger partial charge in [-0.05, 0) is 38.6 Å².